The van der Waals surface area contributed by atoms with Crippen LogP contribution in [0.5, 0.6) is 0 Å². The minimum atomic E-state index is -0.726. The third kappa shape index (κ3) is 5.70. The van der Waals surface area contributed by atoms with Crippen molar-refractivity contribution in [2.45, 2.75) is 12.3 Å². The van der Waals surface area contributed by atoms with E-state index in [0.717, 1.165) is 104 Å². The van der Waals surface area contributed by atoms with Crippen molar-refractivity contribution in [3.63, 3.8) is 0 Å². The highest BCUT2D eigenvalue weighted by Crippen LogP contribution is 2.66. The van der Waals surface area contributed by atoms with Gasteiger partial charge in [-0.1, -0.05) is 212 Å². The molecule has 1 spiro atoms. The third-order valence-corrected chi connectivity index (χ3v) is 17.1. The molecule has 358 valence electrons. The summed E-state index contributed by atoms with van der Waals surface area (Å²) in [5.41, 5.74) is 21.4. The molecule has 3 heterocycles. The minimum Gasteiger partial charge on any atom is -0.456 e. The lowest BCUT2D eigenvalue weighted by molar-refractivity contribution is 0.665. The molecule has 2 aliphatic rings. The summed E-state index contributed by atoms with van der Waals surface area (Å²) in [6.07, 6.45) is 0. The van der Waals surface area contributed by atoms with Gasteiger partial charge in [0.15, 0.2) is 0 Å². The van der Waals surface area contributed by atoms with Gasteiger partial charge in [-0.2, -0.15) is 0 Å². The van der Waals surface area contributed by atoms with Gasteiger partial charge < -0.3 is 13.4 Å². The first-order valence-electron chi connectivity index (χ1n) is 26.7. The smallest absolute Gasteiger partial charge is 0.145 e. The first kappa shape index (κ1) is 42.4. The molecule has 12 aromatic carbocycles. The van der Waals surface area contributed by atoms with E-state index in [1.807, 2.05) is 0 Å². The van der Waals surface area contributed by atoms with Gasteiger partial charge in [0.1, 0.15) is 22.3 Å². The SMILES string of the molecule is Cc1cc2c(c3c1oc1ccccc13)-c1c(cc(-n3c4ccc(-c5ccccc5)cc4c4ccccc4c4ccccc4c4cc(-c5ccccc5)ccc43)c3c1oc1ccccc13)C21c2ccccc2-c2ccccc21. The number of fused-ring (bicyclic) bond motifs is 25. The van der Waals surface area contributed by atoms with E-state index in [0.29, 0.717) is 0 Å². The van der Waals surface area contributed by atoms with Crippen LogP contribution in [0.1, 0.15) is 27.8 Å². The van der Waals surface area contributed by atoms with Crippen molar-refractivity contribution < 1.29 is 8.83 Å². The summed E-state index contributed by atoms with van der Waals surface area (Å²) in [6, 6.07) is 94.2. The molecule has 0 fully saturated rings. The Morgan fingerprint density at radius 3 is 1.29 bits per heavy atom. The summed E-state index contributed by atoms with van der Waals surface area (Å²) in [7, 11) is 0. The fourth-order valence-electron chi connectivity index (χ4n) is 14.0. The summed E-state index contributed by atoms with van der Waals surface area (Å²) in [5, 5.41) is 11.3. The molecule has 15 aromatic rings. The maximum atomic E-state index is 7.60. The van der Waals surface area contributed by atoms with Gasteiger partial charge >= 0.3 is 0 Å². The lowest BCUT2D eigenvalue weighted by Crippen LogP contribution is -2.26. The highest BCUT2D eigenvalue weighted by Gasteiger charge is 2.54. The van der Waals surface area contributed by atoms with Crippen molar-refractivity contribution in [2.24, 2.45) is 0 Å². The topological polar surface area (TPSA) is 31.2 Å². The lowest BCUT2D eigenvalue weighted by Gasteiger charge is -2.31. The second-order valence-electron chi connectivity index (χ2n) is 21.0. The summed E-state index contributed by atoms with van der Waals surface area (Å²) >= 11 is 0. The molecule has 0 aliphatic heterocycles. The van der Waals surface area contributed by atoms with E-state index in [9.17, 15) is 0 Å². The maximum absolute atomic E-state index is 7.60. The van der Waals surface area contributed by atoms with Gasteiger partial charge in [0.2, 0.25) is 0 Å². The zero-order valence-corrected chi connectivity index (χ0v) is 42.0. The van der Waals surface area contributed by atoms with Crippen LogP contribution in [0.4, 0.5) is 0 Å². The van der Waals surface area contributed by atoms with Gasteiger partial charge in [0, 0.05) is 38.1 Å². The van der Waals surface area contributed by atoms with Gasteiger partial charge in [-0.15, -0.1) is 0 Å². The Balaban J connectivity index is 1.16. The summed E-state index contributed by atoms with van der Waals surface area (Å²) in [5.74, 6) is 0. The van der Waals surface area contributed by atoms with Gasteiger partial charge in [0.25, 0.3) is 0 Å². The Bertz CT molecular complexity index is 4920. The van der Waals surface area contributed by atoms with E-state index in [2.05, 4.69) is 266 Å². The summed E-state index contributed by atoms with van der Waals surface area (Å²) in [4.78, 5) is 0. The fourth-order valence-corrected chi connectivity index (χ4v) is 14.0. The van der Waals surface area contributed by atoms with Crippen molar-refractivity contribution in [3.05, 3.63) is 283 Å². The van der Waals surface area contributed by atoms with Crippen LogP contribution in [0.15, 0.2) is 264 Å². The highest BCUT2D eigenvalue weighted by atomic mass is 16.3. The molecule has 17 rings (SSSR count). The van der Waals surface area contributed by atoms with Crippen LogP contribution in [-0.2, 0) is 5.41 Å². The van der Waals surface area contributed by atoms with Crippen LogP contribution in [0.25, 0.3) is 137 Å². The maximum Gasteiger partial charge on any atom is 0.145 e. The first-order valence-corrected chi connectivity index (χ1v) is 26.7. The zero-order valence-electron chi connectivity index (χ0n) is 42.0. The van der Waals surface area contributed by atoms with E-state index >= 15 is 0 Å². The number of benzene rings is 12. The Hall–Kier alpha value is -9.96. The van der Waals surface area contributed by atoms with E-state index < -0.39 is 5.41 Å². The second-order valence-corrected chi connectivity index (χ2v) is 21.0. The lowest BCUT2D eigenvalue weighted by atomic mass is 9.70. The zero-order chi connectivity index (χ0) is 50.5. The molecule has 0 radical (unpaired) electrons. The summed E-state index contributed by atoms with van der Waals surface area (Å²) < 4.78 is 17.1. The van der Waals surface area contributed by atoms with Crippen molar-refractivity contribution in [2.75, 3.05) is 0 Å². The quantitative estimate of drug-likeness (QED) is 0.177. The van der Waals surface area contributed by atoms with Crippen LogP contribution >= 0.6 is 0 Å². The highest BCUT2D eigenvalue weighted by molar-refractivity contribution is 6.25. The molecule has 2 aliphatic carbocycles. The van der Waals surface area contributed by atoms with Gasteiger partial charge in [-0.25, -0.2) is 0 Å². The van der Waals surface area contributed by atoms with Crippen molar-refractivity contribution in [1.29, 1.82) is 0 Å². The van der Waals surface area contributed by atoms with Crippen LogP contribution in [0.2, 0.25) is 0 Å². The molecule has 0 atom stereocenters. The Morgan fingerprint density at radius 2 is 0.740 bits per heavy atom. The molecule has 0 saturated heterocycles. The molecule has 0 bridgehead atoms. The van der Waals surface area contributed by atoms with Crippen LogP contribution in [0.3, 0.4) is 0 Å². The average Bonchev–Trinajstić information content (AvgIpc) is 3.57. The van der Waals surface area contributed by atoms with Crippen LogP contribution in [-0.4, -0.2) is 4.57 Å². The molecule has 3 aromatic heterocycles. The standard InChI is InChI=1S/C74H45NO2/c1-44-40-61-70(69-56-31-15-19-35-67(56)76-72(44)69)71-62(74(61)59-32-16-12-28-53(59)54-29-13-17-33-60(54)74)43-65(68-55-30-14-18-34-66(55)77-73(68)71)75-63-38-36-47(45-20-4-2-5-21-45)41-57(63)51-26-10-8-24-49(51)50-25-9-11-27-52(50)58-42-48(37-39-64(58)75)46-22-6-3-7-23-46/h2-43H,1H3. The van der Waals surface area contributed by atoms with Gasteiger partial charge in [0.05, 0.1) is 27.5 Å². The molecule has 3 heteroatoms. The molecular formula is C74H45NO2. The molecular weight excluding hydrogens is 935 g/mol. The monoisotopic (exact) mass is 979 g/mol. The number of rotatable bonds is 3. The fraction of sp³-hybridized carbons (Fsp3) is 0.0270. The minimum absolute atomic E-state index is 0.726. The van der Waals surface area contributed by atoms with Gasteiger partial charge in [-0.05, 0) is 132 Å². The molecule has 0 N–H and O–H groups in total. The Morgan fingerprint density at radius 1 is 0.312 bits per heavy atom. The number of para-hydroxylation sites is 2. The Kier molecular flexibility index (Phi) is 8.69. The third-order valence-electron chi connectivity index (χ3n) is 17.1. The molecule has 0 unspecified atom stereocenters. The van der Waals surface area contributed by atoms with Crippen LogP contribution in [0, 0.1) is 6.92 Å². The number of aryl methyl sites for hydroxylation is 1. The molecule has 3 nitrogen and oxygen atoms in total. The molecule has 0 saturated carbocycles. The number of aromatic nitrogens is 1. The molecule has 0 amide bonds. The number of hydrogen-bond donors (Lipinski definition) is 0. The predicted octanol–water partition coefficient (Wildman–Crippen LogP) is 20.0. The largest absolute Gasteiger partial charge is 0.456 e. The first-order chi connectivity index (χ1) is 38.1. The van der Waals surface area contributed by atoms with E-state index in [-0.39, 0.29) is 0 Å². The normalized spacial score (nSPS) is 13.1. The summed E-state index contributed by atoms with van der Waals surface area (Å²) in [6.45, 7) is 2.22. The number of hydrogen-bond acceptors (Lipinski definition) is 2. The number of nitrogens with zero attached hydrogens (tertiary/aromatic N) is 1. The second kappa shape index (κ2) is 15.8. The predicted molar refractivity (Wildman–Crippen MR) is 320 cm³/mol. The molecule has 77 heavy (non-hydrogen) atoms. The van der Waals surface area contributed by atoms with E-state index in [1.54, 1.807) is 0 Å². The van der Waals surface area contributed by atoms with Crippen molar-refractivity contribution >= 4 is 87.2 Å². The van der Waals surface area contributed by atoms with Crippen molar-refractivity contribution in [3.8, 4) is 50.2 Å². The Labute approximate surface area is 443 Å². The van der Waals surface area contributed by atoms with Gasteiger partial charge in [-0.3, -0.25) is 0 Å². The van der Waals surface area contributed by atoms with Crippen LogP contribution < -0.4 is 0 Å². The number of furan rings is 2. The average molecular weight is 980 g/mol. The van der Waals surface area contributed by atoms with Crippen molar-refractivity contribution in [1.82, 2.24) is 4.57 Å². The van der Waals surface area contributed by atoms with E-state index in [1.165, 1.54) is 60.8 Å². The van der Waals surface area contributed by atoms with E-state index in [4.69, 9.17) is 8.83 Å².